The quantitative estimate of drug-likeness (QED) is 0.666. The van der Waals surface area contributed by atoms with Gasteiger partial charge in [0.25, 0.3) is 0 Å². The molecule has 1 aromatic heterocycles. The molecule has 0 spiro atoms. The highest BCUT2D eigenvalue weighted by Crippen LogP contribution is 2.20. The molecule has 1 heterocycles. The van der Waals surface area contributed by atoms with Crippen molar-refractivity contribution in [1.29, 1.82) is 0 Å². The molecule has 88 valence electrons. The van der Waals surface area contributed by atoms with Crippen LogP contribution >= 0.6 is 0 Å². The minimum absolute atomic E-state index is 0.359. The molecule has 0 atom stereocenters. The molecule has 0 aliphatic carbocycles. The van der Waals surface area contributed by atoms with Crippen molar-refractivity contribution in [3.63, 3.8) is 0 Å². The van der Waals surface area contributed by atoms with Crippen molar-refractivity contribution in [3.8, 4) is 16.8 Å². The Morgan fingerprint density at radius 1 is 0.778 bits per heavy atom. The van der Waals surface area contributed by atoms with Gasteiger partial charge in [0.15, 0.2) is 0 Å². The molecule has 0 N–H and O–H groups in total. The van der Waals surface area contributed by atoms with E-state index in [0.717, 1.165) is 16.8 Å². The zero-order chi connectivity index (χ0) is 12.4. The highest BCUT2D eigenvalue weighted by Gasteiger charge is 2.03. The van der Waals surface area contributed by atoms with Crippen molar-refractivity contribution in [2.24, 2.45) is 0 Å². The first kappa shape index (κ1) is 10.7. The van der Waals surface area contributed by atoms with Gasteiger partial charge >= 0.3 is 0 Å². The number of hydrogen-bond donors (Lipinski definition) is 0. The number of benzene rings is 2. The van der Waals surface area contributed by atoms with Crippen molar-refractivity contribution in [3.05, 3.63) is 72.8 Å². The van der Waals surface area contributed by atoms with Crippen LogP contribution in [0.4, 0.5) is 4.39 Å². The van der Waals surface area contributed by atoms with Crippen molar-refractivity contribution in [2.75, 3.05) is 0 Å². The van der Waals surface area contributed by atoms with Crippen molar-refractivity contribution < 1.29 is 4.39 Å². The molecule has 0 saturated heterocycles. The summed E-state index contributed by atoms with van der Waals surface area (Å²) in [7, 11) is 0. The van der Waals surface area contributed by atoms with Gasteiger partial charge in [-0.25, -0.2) is 4.68 Å². The number of halogens is 1. The molecule has 0 fully saturated rings. The molecular formula is C15H11FN2. The fraction of sp³-hybridized carbons (Fsp3) is 0. The fourth-order valence-corrected chi connectivity index (χ4v) is 1.90. The van der Waals surface area contributed by atoms with E-state index in [-0.39, 0.29) is 5.95 Å². The zero-order valence-corrected chi connectivity index (χ0v) is 9.62. The molecule has 0 bridgehead atoms. The normalized spacial score (nSPS) is 10.5. The molecule has 18 heavy (non-hydrogen) atoms. The molecule has 0 unspecified atom stereocenters. The van der Waals surface area contributed by atoms with Crippen LogP contribution in [-0.2, 0) is 0 Å². The van der Waals surface area contributed by atoms with Gasteiger partial charge in [0.2, 0.25) is 5.95 Å². The van der Waals surface area contributed by atoms with Crippen LogP contribution in [0.1, 0.15) is 0 Å². The average molecular weight is 238 g/mol. The van der Waals surface area contributed by atoms with E-state index < -0.39 is 0 Å². The van der Waals surface area contributed by atoms with Crippen molar-refractivity contribution in [2.45, 2.75) is 0 Å². The van der Waals surface area contributed by atoms with Crippen LogP contribution in [-0.4, -0.2) is 9.78 Å². The Balaban J connectivity index is 1.97. The molecule has 0 radical (unpaired) electrons. The second-order valence-corrected chi connectivity index (χ2v) is 3.98. The van der Waals surface area contributed by atoms with Crippen LogP contribution in [0.25, 0.3) is 16.8 Å². The molecule has 2 aromatic carbocycles. The van der Waals surface area contributed by atoms with Crippen LogP contribution in [0, 0.1) is 5.95 Å². The Morgan fingerprint density at radius 3 is 2.06 bits per heavy atom. The minimum Gasteiger partial charge on any atom is -0.207 e. The van der Waals surface area contributed by atoms with E-state index in [2.05, 4.69) is 5.10 Å². The average Bonchev–Trinajstić information content (AvgIpc) is 2.86. The number of hydrogen-bond acceptors (Lipinski definition) is 1. The maximum Gasteiger partial charge on any atom is 0.216 e. The van der Waals surface area contributed by atoms with Gasteiger partial charge in [-0.2, -0.15) is 9.49 Å². The third kappa shape index (κ3) is 1.91. The monoisotopic (exact) mass is 238 g/mol. The molecule has 3 heteroatoms. The summed E-state index contributed by atoms with van der Waals surface area (Å²) < 4.78 is 14.6. The van der Waals surface area contributed by atoms with Gasteiger partial charge < -0.3 is 0 Å². The van der Waals surface area contributed by atoms with Crippen LogP contribution < -0.4 is 0 Å². The Labute approximate surface area is 104 Å². The molecule has 3 rings (SSSR count). The third-order valence-corrected chi connectivity index (χ3v) is 2.82. The van der Waals surface area contributed by atoms with Gasteiger partial charge in [-0.05, 0) is 23.3 Å². The van der Waals surface area contributed by atoms with Gasteiger partial charge in [0.05, 0.1) is 11.9 Å². The highest BCUT2D eigenvalue weighted by atomic mass is 19.1. The summed E-state index contributed by atoms with van der Waals surface area (Å²) >= 11 is 0. The topological polar surface area (TPSA) is 17.8 Å². The lowest BCUT2D eigenvalue weighted by Crippen LogP contribution is -1.98. The second-order valence-electron chi connectivity index (χ2n) is 3.98. The van der Waals surface area contributed by atoms with E-state index in [4.69, 9.17) is 0 Å². The lowest BCUT2D eigenvalue weighted by molar-refractivity contribution is 0.537. The largest absolute Gasteiger partial charge is 0.216 e. The zero-order valence-electron chi connectivity index (χ0n) is 9.62. The van der Waals surface area contributed by atoms with E-state index in [1.807, 2.05) is 54.6 Å². The summed E-state index contributed by atoms with van der Waals surface area (Å²) in [6.45, 7) is 0. The number of rotatable bonds is 2. The summed E-state index contributed by atoms with van der Waals surface area (Å²) in [5.41, 5.74) is 2.97. The Kier molecular flexibility index (Phi) is 2.65. The van der Waals surface area contributed by atoms with Gasteiger partial charge in [0.1, 0.15) is 0 Å². The van der Waals surface area contributed by atoms with E-state index >= 15 is 0 Å². The van der Waals surface area contributed by atoms with Crippen LogP contribution in [0.3, 0.4) is 0 Å². The SMILES string of the molecule is Fc1ccnn1-c1ccc(-c2ccccc2)cc1. The van der Waals surface area contributed by atoms with Gasteiger partial charge in [-0.15, -0.1) is 0 Å². The molecule has 0 saturated carbocycles. The number of nitrogens with zero attached hydrogens (tertiary/aromatic N) is 2. The minimum atomic E-state index is -0.359. The van der Waals surface area contributed by atoms with Crippen LogP contribution in [0.15, 0.2) is 66.9 Å². The van der Waals surface area contributed by atoms with Crippen LogP contribution in [0.2, 0.25) is 0 Å². The Bertz CT molecular complexity index is 642. The van der Waals surface area contributed by atoms with Crippen molar-refractivity contribution >= 4 is 0 Å². The van der Waals surface area contributed by atoms with E-state index in [1.165, 1.54) is 16.9 Å². The maximum atomic E-state index is 13.4. The molecule has 3 aromatic rings. The molecular weight excluding hydrogens is 227 g/mol. The summed E-state index contributed by atoms with van der Waals surface area (Å²) in [6, 6.07) is 19.1. The molecule has 0 aliphatic heterocycles. The summed E-state index contributed by atoms with van der Waals surface area (Å²) in [6.07, 6.45) is 1.44. The standard InChI is InChI=1S/C15H11FN2/c16-15-10-11-17-18(15)14-8-6-13(7-9-14)12-4-2-1-3-5-12/h1-11H. The number of aromatic nitrogens is 2. The van der Waals surface area contributed by atoms with E-state index in [0.29, 0.717) is 0 Å². The van der Waals surface area contributed by atoms with E-state index in [9.17, 15) is 4.39 Å². The first-order chi connectivity index (χ1) is 8.84. The van der Waals surface area contributed by atoms with Gasteiger partial charge in [-0.1, -0.05) is 42.5 Å². The molecule has 0 aliphatic rings. The van der Waals surface area contributed by atoms with E-state index in [1.54, 1.807) is 0 Å². The van der Waals surface area contributed by atoms with Crippen LogP contribution in [0.5, 0.6) is 0 Å². The molecule has 2 nitrogen and oxygen atoms in total. The summed E-state index contributed by atoms with van der Waals surface area (Å²) in [5.74, 6) is -0.359. The maximum absolute atomic E-state index is 13.4. The predicted octanol–water partition coefficient (Wildman–Crippen LogP) is 3.68. The lowest BCUT2D eigenvalue weighted by atomic mass is 10.1. The second kappa shape index (κ2) is 4.45. The van der Waals surface area contributed by atoms with Crippen molar-refractivity contribution in [1.82, 2.24) is 9.78 Å². The predicted molar refractivity (Wildman–Crippen MR) is 69.0 cm³/mol. The van der Waals surface area contributed by atoms with Gasteiger partial charge in [0, 0.05) is 6.07 Å². The lowest BCUT2D eigenvalue weighted by Gasteiger charge is -2.05. The Morgan fingerprint density at radius 2 is 1.44 bits per heavy atom. The van der Waals surface area contributed by atoms with Gasteiger partial charge in [-0.3, -0.25) is 0 Å². The highest BCUT2D eigenvalue weighted by molar-refractivity contribution is 5.64. The smallest absolute Gasteiger partial charge is 0.207 e. The third-order valence-electron chi connectivity index (χ3n) is 2.82. The Hall–Kier alpha value is -2.42. The first-order valence-electron chi connectivity index (χ1n) is 5.70. The summed E-state index contributed by atoms with van der Waals surface area (Å²) in [5, 5.41) is 3.93. The summed E-state index contributed by atoms with van der Waals surface area (Å²) in [4.78, 5) is 0. The fourth-order valence-electron chi connectivity index (χ4n) is 1.90. The first-order valence-corrected chi connectivity index (χ1v) is 5.70. The molecule has 0 amide bonds.